The first-order valence-electron chi connectivity index (χ1n) is 11.1. The Kier molecular flexibility index (Phi) is 6.98. The molecule has 162 valence electrons. The Balaban J connectivity index is 1.46. The maximum Gasteiger partial charge on any atom is 0.254 e. The highest BCUT2D eigenvalue weighted by Crippen LogP contribution is 2.30. The Bertz CT molecular complexity index is 1010. The lowest BCUT2D eigenvalue weighted by molar-refractivity contribution is 0.0726. The Hall–Kier alpha value is -2.72. The fourth-order valence-corrected chi connectivity index (χ4v) is 3.87. The van der Waals surface area contributed by atoms with Gasteiger partial charge in [0.25, 0.3) is 5.91 Å². The molecule has 4 rings (SSSR count). The summed E-state index contributed by atoms with van der Waals surface area (Å²) in [7, 11) is 0. The molecule has 1 fully saturated rings. The third kappa shape index (κ3) is 5.50. The molecule has 0 aliphatic heterocycles. The summed E-state index contributed by atoms with van der Waals surface area (Å²) >= 11 is 6.35. The van der Waals surface area contributed by atoms with Gasteiger partial charge in [0.05, 0.1) is 13.2 Å². The highest BCUT2D eigenvalue weighted by molar-refractivity contribution is 6.31. The van der Waals surface area contributed by atoms with Gasteiger partial charge in [-0.25, -0.2) is 0 Å². The number of carbonyl (C=O) groups excluding carboxylic acids is 1. The number of nitrogens with zero attached hydrogens (tertiary/aromatic N) is 2. The first-order valence-corrected chi connectivity index (χ1v) is 11.4. The average molecular weight is 437 g/mol. The smallest absolute Gasteiger partial charge is 0.254 e. The van der Waals surface area contributed by atoms with Crippen molar-refractivity contribution in [2.75, 3.05) is 6.61 Å². The van der Waals surface area contributed by atoms with Crippen LogP contribution in [0.1, 0.15) is 54.2 Å². The van der Waals surface area contributed by atoms with Crippen molar-refractivity contribution in [3.63, 3.8) is 0 Å². The average Bonchev–Trinajstić information content (AvgIpc) is 3.54. The summed E-state index contributed by atoms with van der Waals surface area (Å²) in [5.74, 6) is 0.893. The number of ether oxygens (including phenoxy) is 1. The topological polar surface area (TPSA) is 34.5 Å². The van der Waals surface area contributed by atoms with Crippen molar-refractivity contribution in [3.05, 3.63) is 88.7 Å². The van der Waals surface area contributed by atoms with Crippen LogP contribution < -0.4 is 4.74 Å². The molecule has 0 saturated heterocycles. The molecule has 3 aromatic rings. The van der Waals surface area contributed by atoms with Crippen LogP contribution in [0, 0.1) is 0 Å². The third-order valence-electron chi connectivity index (χ3n) is 5.67. The monoisotopic (exact) mass is 436 g/mol. The molecule has 1 aliphatic rings. The Morgan fingerprint density at radius 3 is 2.58 bits per heavy atom. The predicted molar refractivity (Wildman–Crippen MR) is 125 cm³/mol. The molecule has 0 N–H and O–H groups in total. The van der Waals surface area contributed by atoms with Gasteiger partial charge in [0.2, 0.25) is 0 Å². The molecule has 0 spiro atoms. The van der Waals surface area contributed by atoms with E-state index in [1.54, 1.807) is 0 Å². The highest BCUT2D eigenvalue weighted by atomic mass is 35.5. The quantitative estimate of drug-likeness (QED) is 0.356. The van der Waals surface area contributed by atoms with Crippen molar-refractivity contribution < 1.29 is 9.53 Å². The standard InChI is InChI=1S/C26H29ClN2O2/c1-2-3-17-31-24-14-10-20(11-15-24)26(30)29(22-12-13-22)19-23-8-6-16-28(23)18-21-7-4-5-9-25(21)27/h4-11,14-16,22H,2-3,12-13,17-19H2,1H3. The first kappa shape index (κ1) is 21.5. The van der Waals surface area contributed by atoms with E-state index in [0.717, 1.165) is 47.7 Å². The zero-order chi connectivity index (χ0) is 21.6. The van der Waals surface area contributed by atoms with Crippen LogP contribution in [-0.4, -0.2) is 28.0 Å². The van der Waals surface area contributed by atoms with Gasteiger partial charge in [-0.3, -0.25) is 4.79 Å². The van der Waals surface area contributed by atoms with Crippen LogP contribution in [0.25, 0.3) is 0 Å². The largest absolute Gasteiger partial charge is 0.494 e. The van der Waals surface area contributed by atoms with Gasteiger partial charge in [-0.1, -0.05) is 43.1 Å². The molecule has 1 aliphatic carbocycles. The van der Waals surface area contributed by atoms with Crippen LogP contribution in [0.3, 0.4) is 0 Å². The van der Waals surface area contributed by atoms with Crippen LogP contribution in [-0.2, 0) is 13.1 Å². The lowest BCUT2D eigenvalue weighted by Crippen LogP contribution is -2.33. The molecular formula is C26H29ClN2O2. The summed E-state index contributed by atoms with van der Waals surface area (Å²) in [6.45, 7) is 4.14. The SMILES string of the molecule is CCCCOc1ccc(C(=O)N(Cc2cccn2Cc2ccccc2Cl)C2CC2)cc1. The van der Waals surface area contributed by atoms with Crippen molar-refractivity contribution in [1.82, 2.24) is 9.47 Å². The molecular weight excluding hydrogens is 408 g/mol. The molecule has 1 aromatic heterocycles. The van der Waals surface area contributed by atoms with Crippen molar-refractivity contribution in [1.29, 1.82) is 0 Å². The summed E-state index contributed by atoms with van der Waals surface area (Å²) in [6.07, 6.45) is 6.32. The molecule has 1 heterocycles. The van der Waals surface area contributed by atoms with Gasteiger partial charge in [0.15, 0.2) is 0 Å². The number of rotatable bonds is 10. The van der Waals surface area contributed by atoms with E-state index in [1.165, 1.54) is 0 Å². The van der Waals surface area contributed by atoms with E-state index < -0.39 is 0 Å². The molecule has 31 heavy (non-hydrogen) atoms. The Morgan fingerprint density at radius 1 is 1.10 bits per heavy atom. The molecule has 4 nitrogen and oxygen atoms in total. The highest BCUT2D eigenvalue weighted by Gasteiger charge is 2.33. The van der Waals surface area contributed by atoms with Gasteiger partial charge in [0, 0.05) is 35.1 Å². The summed E-state index contributed by atoms with van der Waals surface area (Å²) in [5, 5.41) is 0.763. The van der Waals surface area contributed by atoms with Crippen LogP contribution >= 0.6 is 11.6 Å². The third-order valence-corrected chi connectivity index (χ3v) is 6.04. The van der Waals surface area contributed by atoms with E-state index in [4.69, 9.17) is 16.3 Å². The second-order valence-corrected chi connectivity index (χ2v) is 8.52. The molecule has 0 unspecified atom stereocenters. The molecule has 0 bridgehead atoms. The molecule has 0 atom stereocenters. The van der Waals surface area contributed by atoms with Gasteiger partial charge in [-0.15, -0.1) is 0 Å². The minimum absolute atomic E-state index is 0.0769. The number of benzene rings is 2. The summed E-state index contributed by atoms with van der Waals surface area (Å²) in [6, 6.07) is 19.9. The van der Waals surface area contributed by atoms with Crippen LogP contribution in [0.5, 0.6) is 5.75 Å². The fraction of sp³-hybridized carbons (Fsp3) is 0.346. The lowest BCUT2D eigenvalue weighted by Gasteiger charge is -2.24. The minimum Gasteiger partial charge on any atom is -0.494 e. The number of amides is 1. The predicted octanol–water partition coefficient (Wildman–Crippen LogP) is 6.17. The van der Waals surface area contributed by atoms with E-state index in [-0.39, 0.29) is 5.91 Å². The van der Waals surface area contributed by atoms with Gasteiger partial charge >= 0.3 is 0 Å². The van der Waals surface area contributed by atoms with E-state index in [2.05, 4.69) is 23.8 Å². The summed E-state index contributed by atoms with van der Waals surface area (Å²) in [5.41, 5.74) is 2.89. The number of hydrogen-bond donors (Lipinski definition) is 0. The molecule has 1 saturated carbocycles. The Morgan fingerprint density at radius 2 is 1.87 bits per heavy atom. The normalized spacial score (nSPS) is 13.2. The number of unbranched alkanes of at least 4 members (excludes halogenated alkanes) is 1. The van der Waals surface area contributed by atoms with Crippen LogP contribution in [0.2, 0.25) is 5.02 Å². The van der Waals surface area contributed by atoms with Gasteiger partial charge in [0.1, 0.15) is 5.75 Å². The minimum atomic E-state index is 0.0769. The second kappa shape index (κ2) is 10.1. The first-order chi connectivity index (χ1) is 15.2. The van der Waals surface area contributed by atoms with E-state index in [1.807, 2.05) is 59.5 Å². The van der Waals surface area contributed by atoms with Crippen molar-refractivity contribution >= 4 is 17.5 Å². The Labute approximate surface area is 189 Å². The summed E-state index contributed by atoms with van der Waals surface area (Å²) < 4.78 is 7.90. The lowest BCUT2D eigenvalue weighted by atomic mass is 10.1. The van der Waals surface area contributed by atoms with Gasteiger partial charge in [-0.2, -0.15) is 0 Å². The number of carbonyl (C=O) groups is 1. The number of halogens is 1. The molecule has 5 heteroatoms. The summed E-state index contributed by atoms with van der Waals surface area (Å²) in [4.78, 5) is 15.3. The second-order valence-electron chi connectivity index (χ2n) is 8.11. The van der Waals surface area contributed by atoms with Crippen molar-refractivity contribution in [3.8, 4) is 5.75 Å². The van der Waals surface area contributed by atoms with E-state index in [0.29, 0.717) is 31.3 Å². The molecule has 1 amide bonds. The van der Waals surface area contributed by atoms with Crippen LogP contribution in [0.4, 0.5) is 0 Å². The van der Waals surface area contributed by atoms with Crippen molar-refractivity contribution in [2.45, 2.75) is 51.7 Å². The number of hydrogen-bond acceptors (Lipinski definition) is 2. The van der Waals surface area contributed by atoms with Gasteiger partial charge in [-0.05, 0) is 67.3 Å². The zero-order valence-electron chi connectivity index (χ0n) is 18.0. The maximum absolute atomic E-state index is 13.3. The molecule has 0 radical (unpaired) electrons. The number of aromatic nitrogens is 1. The van der Waals surface area contributed by atoms with E-state index >= 15 is 0 Å². The molecule has 2 aromatic carbocycles. The zero-order valence-corrected chi connectivity index (χ0v) is 18.7. The maximum atomic E-state index is 13.3. The van der Waals surface area contributed by atoms with Gasteiger partial charge < -0.3 is 14.2 Å². The van der Waals surface area contributed by atoms with Crippen LogP contribution in [0.15, 0.2) is 66.9 Å². The fourth-order valence-electron chi connectivity index (χ4n) is 3.68. The van der Waals surface area contributed by atoms with E-state index in [9.17, 15) is 4.79 Å². The van der Waals surface area contributed by atoms with Crippen molar-refractivity contribution in [2.24, 2.45) is 0 Å².